The molecule has 0 atom stereocenters. The molecule has 3 rings (SSSR count). The van der Waals surface area contributed by atoms with Crippen molar-refractivity contribution in [2.45, 2.75) is 26.6 Å². The summed E-state index contributed by atoms with van der Waals surface area (Å²) in [5.41, 5.74) is 3.49. The summed E-state index contributed by atoms with van der Waals surface area (Å²) in [5.74, 6) is 0.874. The van der Waals surface area contributed by atoms with E-state index in [4.69, 9.17) is 16.3 Å². The maximum atomic E-state index is 6.15. The minimum atomic E-state index is 0. The van der Waals surface area contributed by atoms with Crippen molar-refractivity contribution in [3.63, 3.8) is 0 Å². The van der Waals surface area contributed by atoms with Gasteiger partial charge in [-0.15, -0.1) is 23.7 Å². The number of aryl methyl sites for hydroxylation is 1. The molecule has 1 aromatic heterocycles. The van der Waals surface area contributed by atoms with Crippen LogP contribution in [0.5, 0.6) is 5.75 Å². The Labute approximate surface area is 164 Å². The molecule has 132 valence electrons. The van der Waals surface area contributed by atoms with Gasteiger partial charge in [0, 0.05) is 28.6 Å². The molecular weight excluding hydrogens is 373 g/mol. The second-order valence-corrected chi connectivity index (χ2v) is 7.18. The van der Waals surface area contributed by atoms with Gasteiger partial charge < -0.3 is 10.1 Å². The summed E-state index contributed by atoms with van der Waals surface area (Å²) in [6, 6.07) is 18.4. The number of hydrogen-bond acceptors (Lipinski definition) is 3. The van der Waals surface area contributed by atoms with Crippen LogP contribution in [0.25, 0.3) is 0 Å². The van der Waals surface area contributed by atoms with Crippen LogP contribution in [0.2, 0.25) is 5.02 Å². The predicted octanol–water partition coefficient (Wildman–Crippen LogP) is 6.00. The van der Waals surface area contributed by atoms with Crippen molar-refractivity contribution in [2.24, 2.45) is 0 Å². The molecule has 0 radical (unpaired) electrons. The number of rotatable bonds is 7. The minimum Gasteiger partial charge on any atom is -0.489 e. The van der Waals surface area contributed by atoms with Crippen LogP contribution in [0.3, 0.4) is 0 Å². The van der Waals surface area contributed by atoms with Crippen molar-refractivity contribution >= 4 is 35.3 Å². The van der Waals surface area contributed by atoms with E-state index in [-0.39, 0.29) is 12.4 Å². The first-order chi connectivity index (χ1) is 11.7. The van der Waals surface area contributed by atoms with Crippen LogP contribution in [0, 0.1) is 6.92 Å². The highest BCUT2D eigenvalue weighted by Crippen LogP contribution is 2.24. The van der Waals surface area contributed by atoms with Gasteiger partial charge in [0.2, 0.25) is 0 Å². The van der Waals surface area contributed by atoms with E-state index >= 15 is 0 Å². The van der Waals surface area contributed by atoms with Gasteiger partial charge >= 0.3 is 0 Å². The molecule has 3 aromatic rings. The fourth-order valence-electron chi connectivity index (χ4n) is 2.41. The van der Waals surface area contributed by atoms with Crippen LogP contribution >= 0.6 is 35.3 Å². The first kappa shape index (κ1) is 19.8. The molecule has 0 spiro atoms. The molecule has 1 heterocycles. The number of benzene rings is 2. The zero-order valence-corrected chi connectivity index (χ0v) is 16.4. The van der Waals surface area contributed by atoms with E-state index in [0.717, 1.165) is 35.0 Å². The van der Waals surface area contributed by atoms with Crippen molar-refractivity contribution in [1.29, 1.82) is 0 Å². The Hall–Kier alpha value is -1.52. The van der Waals surface area contributed by atoms with Gasteiger partial charge in [0.1, 0.15) is 12.4 Å². The van der Waals surface area contributed by atoms with Gasteiger partial charge in [0.05, 0.1) is 0 Å². The molecule has 1 N–H and O–H groups in total. The van der Waals surface area contributed by atoms with Gasteiger partial charge in [-0.25, -0.2) is 0 Å². The second kappa shape index (κ2) is 9.83. The zero-order valence-electron chi connectivity index (χ0n) is 14.0. The first-order valence-corrected chi connectivity index (χ1v) is 9.16. The summed E-state index contributed by atoms with van der Waals surface area (Å²) in [6.07, 6.45) is 0. The van der Waals surface area contributed by atoms with E-state index in [1.165, 1.54) is 10.4 Å². The predicted molar refractivity (Wildman–Crippen MR) is 109 cm³/mol. The second-order valence-electron chi connectivity index (χ2n) is 5.71. The van der Waals surface area contributed by atoms with Crippen LogP contribution in [0.1, 0.15) is 21.6 Å². The normalized spacial score (nSPS) is 10.3. The average molecular weight is 394 g/mol. The Kier molecular flexibility index (Phi) is 7.79. The lowest BCUT2D eigenvalue weighted by Gasteiger charge is -2.13. The fourth-order valence-corrected chi connectivity index (χ4v) is 3.28. The monoisotopic (exact) mass is 393 g/mol. The van der Waals surface area contributed by atoms with E-state index in [1.807, 2.05) is 18.2 Å². The zero-order chi connectivity index (χ0) is 16.8. The van der Waals surface area contributed by atoms with Crippen molar-refractivity contribution in [3.8, 4) is 5.75 Å². The van der Waals surface area contributed by atoms with Crippen LogP contribution < -0.4 is 10.1 Å². The Morgan fingerprint density at radius 3 is 2.56 bits per heavy atom. The molecule has 0 bridgehead atoms. The van der Waals surface area contributed by atoms with Gasteiger partial charge in [0.25, 0.3) is 0 Å². The molecule has 2 aromatic carbocycles. The molecule has 25 heavy (non-hydrogen) atoms. The van der Waals surface area contributed by atoms with Crippen LogP contribution in [-0.4, -0.2) is 0 Å². The lowest BCUT2D eigenvalue weighted by atomic mass is 10.1. The van der Waals surface area contributed by atoms with Gasteiger partial charge in [-0.2, -0.15) is 0 Å². The van der Waals surface area contributed by atoms with Crippen LogP contribution in [0.4, 0.5) is 0 Å². The maximum absolute atomic E-state index is 6.15. The largest absolute Gasteiger partial charge is 0.489 e. The highest BCUT2D eigenvalue weighted by atomic mass is 35.5. The molecular formula is C20H21Cl2NOS. The maximum Gasteiger partial charge on any atom is 0.124 e. The molecule has 0 aliphatic heterocycles. The molecule has 2 nitrogen and oxygen atoms in total. The van der Waals surface area contributed by atoms with Crippen LogP contribution in [-0.2, 0) is 19.7 Å². The van der Waals surface area contributed by atoms with E-state index in [0.29, 0.717) is 6.61 Å². The Bertz CT molecular complexity index is 773. The number of halogens is 2. The minimum absolute atomic E-state index is 0. The van der Waals surface area contributed by atoms with E-state index in [1.54, 1.807) is 11.3 Å². The number of thiophene rings is 1. The Morgan fingerprint density at radius 1 is 1.04 bits per heavy atom. The summed E-state index contributed by atoms with van der Waals surface area (Å²) in [6.45, 7) is 4.21. The SMILES string of the molecule is Cc1ccc(COc2ccc(Cl)cc2CNCc2cccs2)cc1.Cl. The van der Waals surface area contributed by atoms with Gasteiger partial charge in [-0.1, -0.05) is 47.5 Å². The lowest BCUT2D eigenvalue weighted by molar-refractivity contribution is 0.302. The Morgan fingerprint density at radius 2 is 1.84 bits per heavy atom. The number of nitrogens with one attached hydrogen (secondary N) is 1. The fraction of sp³-hybridized carbons (Fsp3) is 0.200. The molecule has 5 heteroatoms. The quantitative estimate of drug-likeness (QED) is 0.531. The van der Waals surface area contributed by atoms with E-state index in [9.17, 15) is 0 Å². The Balaban J connectivity index is 0.00000225. The smallest absolute Gasteiger partial charge is 0.124 e. The summed E-state index contributed by atoms with van der Waals surface area (Å²) in [7, 11) is 0. The number of ether oxygens (including phenoxy) is 1. The topological polar surface area (TPSA) is 21.3 Å². The van der Waals surface area contributed by atoms with Crippen molar-refractivity contribution in [3.05, 3.63) is 86.6 Å². The van der Waals surface area contributed by atoms with Gasteiger partial charge in [-0.05, 0) is 42.1 Å². The lowest BCUT2D eigenvalue weighted by Crippen LogP contribution is -2.13. The molecule has 0 aliphatic rings. The molecule has 0 saturated carbocycles. The van der Waals surface area contributed by atoms with Crippen molar-refractivity contribution in [1.82, 2.24) is 5.32 Å². The molecule has 0 saturated heterocycles. The summed E-state index contributed by atoms with van der Waals surface area (Å²) in [5, 5.41) is 6.27. The van der Waals surface area contributed by atoms with Gasteiger partial charge in [-0.3, -0.25) is 0 Å². The summed E-state index contributed by atoms with van der Waals surface area (Å²) in [4.78, 5) is 1.32. The highest BCUT2D eigenvalue weighted by molar-refractivity contribution is 7.09. The summed E-state index contributed by atoms with van der Waals surface area (Å²) >= 11 is 7.90. The van der Waals surface area contributed by atoms with Crippen LogP contribution in [0.15, 0.2) is 60.0 Å². The van der Waals surface area contributed by atoms with E-state index in [2.05, 4.69) is 54.0 Å². The average Bonchev–Trinajstić information content (AvgIpc) is 3.09. The van der Waals surface area contributed by atoms with Crippen molar-refractivity contribution < 1.29 is 4.74 Å². The van der Waals surface area contributed by atoms with E-state index < -0.39 is 0 Å². The van der Waals surface area contributed by atoms with Crippen molar-refractivity contribution in [2.75, 3.05) is 0 Å². The third-order valence-corrected chi connectivity index (χ3v) is 4.84. The molecule has 0 unspecified atom stereocenters. The standard InChI is InChI=1S/C20H20ClNOS.ClH/c1-15-4-6-16(7-5-15)14-23-20-9-8-18(21)11-17(20)12-22-13-19-3-2-10-24-19;/h2-11,22H,12-14H2,1H3;1H. The number of hydrogen-bond donors (Lipinski definition) is 1. The first-order valence-electron chi connectivity index (χ1n) is 7.90. The molecule has 0 aliphatic carbocycles. The third-order valence-electron chi connectivity index (χ3n) is 3.73. The third kappa shape index (κ3) is 6.05. The summed E-state index contributed by atoms with van der Waals surface area (Å²) < 4.78 is 6.01. The molecule has 0 amide bonds. The molecule has 0 fully saturated rings. The van der Waals surface area contributed by atoms with Gasteiger partial charge in [0.15, 0.2) is 0 Å². The highest BCUT2D eigenvalue weighted by Gasteiger charge is 2.06.